The smallest absolute Gasteiger partial charge is 0.166 e. The summed E-state index contributed by atoms with van der Waals surface area (Å²) in [4.78, 5) is 45.4. The largest absolute Gasteiger partial charge is 0.394 e. The highest BCUT2D eigenvalue weighted by molar-refractivity contribution is 8.00. The molecule has 11 heteroatoms. The number of benzene rings is 6. The Morgan fingerprint density at radius 3 is 0.772 bits per heavy atom. The molecule has 0 bridgehead atoms. The van der Waals surface area contributed by atoms with Gasteiger partial charge in [0.05, 0.1) is 36.3 Å². The zero-order chi connectivity index (χ0) is 41.0. The van der Waals surface area contributed by atoms with Gasteiger partial charge in [-0.05, 0) is 130 Å². The second kappa shape index (κ2) is 20.8. The van der Waals surface area contributed by atoms with E-state index in [2.05, 4.69) is 72.8 Å². The van der Waals surface area contributed by atoms with Crippen LogP contribution in [0.4, 0.5) is 0 Å². The fourth-order valence-electron chi connectivity index (χ4n) is 5.17. The molecule has 6 aromatic rings. The average molecular weight is 835 g/mol. The molecule has 5 N–H and O–H groups in total. The highest BCUT2D eigenvalue weighted by Gasteiger charge is 2.29. The fourth-order valence-corrected chi connectivity index (χ4v) is 9.66. The zero-order valence-corrected chi connectivity index (χ0v) is 35.0. The minimum Gasteiger partial charge on any atom is -0.394 e. The molecule has 0 heterocycles. The van der Waals surface area contributed by atoms with Crippen molar-refractivity contribution in [3.05, 3.63) is 162 Å². The summed E-state index contributed by atoms with van der Waals surface area (Å²) >= 11 is 5.04. The Kier molecular flexibility index (Phi) is 16.0. The van der Waals surface area contributed by atoms with Gasteiger partial charge in [-0.3, -0.25) is 14.4 Å². The van der Waals surface area contributed by atoms with E-state index in [0.29, 0.717) is 16.7 Å². The Labute approximate surface area is 349 Å². The van der Waals surface area contributed by atoms with Crippen LogP contribution < -0.4 is 5.73 Å². The summed E-state index contributed by atoms with van der Waals surface area (Å²) in [5.41, 5.74) is 6.09. The van der Waals surface area contributed by atoms with E-state index in [-0.39, 0.29) is 28.2 Å². The predicted molar refractivity (Wildman–Crippen MR) is 231 cm³/mol. The van der Waals surface area contributed by atoms with Gasteiger partial charge in [-0.1, -0.05) is 71.7 Å². The zero-order valence-electron chi connectivity index (χ0n) is 31.8. The molecular formula is C46H44NO6S4+. The third-order valence-corrected chi connectivity index (χ3v) is 13.9. The Bertz CT molecular complexity index is 1990. The van der Waals surface area contributed by atoms with Crippen LogP contribution in [0.5, 0.6) is 0 Å². The first-order chi connectivity index (χ1) is 27.4. The minimum absolute atomic E-state index is 0.0674. The SMILES string of the molecule is CC(=O)c1ccc(Sc2ccc([S+](c3ccc(Sc4ccc(C(C)=O)cc4)cc3)c3ccc(Sc4ccc(C(C)=O)cc4)cc3)cc2)cc1.NC(CO)(CO)CO. The number of aliphatic hydroxyl groups is 3. The molecule has 0 amide bonds. The molecule has 0 saturated heterocycles. The molecule has 0 saturated carbocycles. The molecule has 0 radical (unpaired) electrons. The first kappa shape index (κ1) is 43.7. The first-order valence-electron chi connectivity index (χ1n) is 17.9. The number of carbonyl (C=O) groups is 3. The number of ketones is 3. The molecule has 0 fully saturated rings. The van der Waals surface area contributed by atoms with Crippen LogP contribution >= 0.6 is 35.3 Å². The average Bonchev–Trinajstić information content (AvgIpc) is 3.23. The van der Waals surface area contributed by atoms with E-state index in [9.17, 15) is 14.4 Å². The summed E-state index contributed by atoms with van der Waals surface area (Å²) in [6.45, 7) is 3.55. The standard InChI is InChI=1S/C42H33O3S4.C4H11NO3/c1-28(43)31-4-10-34(11-5-31)46-37-16-22-40(23-17-37)49(41-24-18-38(19-25-41)47-35-12-6-32(7-13-35)29(2)44)42-26-20-39(21-27-42)48-36-14-8-33(9-15-36)30(3)45;5-4(1-6,2-7)3-8/h4-27H,1-3H3;6-8H,1-3,5H2/q+1;. The van der Waals surface area contributed by atoms with E-state index in [1.54, 1.807) is 56.1 Å². The maximum Gasteiger partial charge on any atom is 0.166 e. The maximum absolute atomic E-state index is 11.7. The van der Waals surface area contributed by atoms with E-state index in [1.165, 1.54) is 14.7 Å². The summed E-state index contributed by atoms with van der Waals surface area (Å²) < 4.78 is 0. The van der Waals surface area contributed by atoms with Crippen molar-refractivity contribution in [2.45, 2.75) is 70.4 Å². The molecule has 6 aromatic carbocycles. The Morgan fingerprint density at radius 1 is 0.421 bits per heavy atom. The van der Waals surface area contributed by atoms with E-state index >= 15 is 0 Å². The second-order valence-corrected chi connectivity index (χ2v) is 18.6. The molecule has 0 atom stereocenters. The van der Waals surface area contributed by atoms with Crippen LogP contribution in [0.1, 0.15) is 51.8 Å². The molecule has 0 aromatic heterocycles. The maximum atomic E-state index is 11.7. The number of nitrogens with two attached hydrogens (primary N) is 1. The second-order valence-electron chi connectivity index (χ2n) is 13.1. The number of carbonyl (C=O) groups excluding carboxylic acids is 3. The van der Waals surface area contributed by atoms with Crippen LogP contribution in [0.3, 0.4) is 0 Å². The molecule has 6 rings (SSSR count). The van der Waals surface area contributed by atoms with Crippen LogP contribution in [-0.2, 0) is 10.9 Å². The lowest BCUT2D eigenvalue weighted by Crippen LogP contribution is -2.50. The monoisotopic (exact) mass is 834 g/mol. The van der Waals surface area contributed by atoms with Gasteiger partial charge in [0.1, 0.15) is 0 Å². The number of aliphatic hydroxyl groups excluding tert-OH is 3. The lowest BCUT2D eigenvalue weighted by molar-refractivity contribution is 0.0697. The quantitative estimate of drug-likeness (QED) is 0.0585. The third-order valence-electron chi connectivity index (χ3n) is 8.61. The van der Waals surface area contributed by atoms with Gasteiger partial charge < -0.3 is 21.1 Å². The van der Waals surface area contributed by atoms with Crippen molar-refractivity contribution in [1.29, 1.82) is 0 Å². The molecule has 7 nitrogen and oxygen atoms in total. The summed E-state index contributed by atoms with van der Waals surface area (Å²) in [6.07, 6.45) is 0. The van der Waals surface area contributed by atoms with Gasteiger partial charge in [-0.15, -0.1) is 0 Å². The molecular weight excluding hydrogens is 791 g/mol. The molecule has 0 spiro atoms. The van der Waals surface area contributed by atoms with Gasteiger partial charge in [0, 0.05) is 46.1 Å². The number of hydrogen-bond acceptors (Lipinski definition) is 10. The Hall–Kier alpha value is -4.43. The van der Waals surface area contributed by atoms with Crippen LogP contribution in [0.15, 0.2) is 190 Å². The van der Waals surface area contributed by atoms with E-state index in [4.69, 9.17) is 21.1 Å². The van der Waals surface area contributed by atoms with Crippen molar-refractivity contribution in [2.24, 2.45) is 5.73 Å². The Balaban J connectivity index is 0.000000701. The number of rotatable bonds is 15. The summed E-state index contributed by atoms with van der Waals surface area (Å²) in [5, 5.41) is 25.0. The first-order valence-corrected chi connectivity index (χ1v) is 21.6. The van der Waals surface area contributed by atoms with Gasteiger partial charge in [0.2, 0.25) is 0 Å². The summed E-state index contributed by atoms with van der Waals surface area (Å²) in [5.74, 6) is 0.202. The third kappa shape index (κ3) is 12.5. The van der Waals surface area contributed by atoms with Gasteiger partial charge in [0.25, 0.3) is 0 Å². The van der Waals surface area contributed by atoms with Crippen molar-refractivity contribution in [1.82, 2.24) is 0 Å². The molecule has 57 heavy (non-hydrogen) atoms. The molecule has 0 aliphatic heterocycles. The highest BCUT2D eigenvalue weighted by atomic mass is 32.2. The van der Waals surface area contributed by atoms with Crippen LogP contribution in [0, 0.1) is 0 Å². The van der Waals surface area contributed by atoms with Crippen LogP contribution in [-0.4, -0.2) is 58.0 Å². The molecule has 292 valence electrons. The lowest BCUT2D eigenvalue weighted by Gasteiger charge is -2.20. The summed E-state index contributed by atoms with van der Waals surface area (Å²) in [7, 11) is -0.344. The van der Waals surface area contributed by atoms with Crippen molar-refractivity contribution in [3.8, 4) is 0 Å². The van der Waals surface area contributed by atoms with Gasteiger partial charge >= 0.3 is 0 Å². The van der Waals surface area contributed by atoms with Gasteiger partial charge in [-0.25, -0.2) is 0 Å². The van der Waals surface area contributed by atoms with Crippen molar-refractivity contribution < 1.29 is 29.7 Å². The highest BCUT2D eigenvalue weighted by Crippen LogP contribution is 2.37. The summed E-state index contributed by atoms with van der Waals surface area (Å²) in [6, 6.07) is 49.5. The number of hydrogen-bond donors (Lipinski definition) is 4. The Morgan fingerprint density at radius 2 is 0.614 bits per heavy atom. The molecule has 0 unspecified atom stereocenters. The predicted octanol–water partition coefficient (Wildman–Crippen LogP) is 9.50. The van der Waals surface area contributed by atoms with Gasteiger partial charge in [-0.2, -0.15) is 0 Å². The van der Waals surface area contributed by atoms with Crippen LogP contribution in [0.2, 0.25) is 0 Å². The van der Waals surface area contributed by atoms with E-state index in [1.807, 2.05) is 72.8 Å². The van der Waals surface area contributed by atoms with E-state index in [0.717, 1.165) is 29.4 Å². The van der Waals surface area contributed by atoms with Crippen molar-refractivity contribution in [2.75, 3.05) is 19.8 Å². The van der Waals surface area contributed by atoms with Gasteiger partial charge in [0.15, 0.2) is 32.0 Å². The number of Topliss-reactive ketones (excluding diaryl/α,β-unsaturated/α-hetero) is 3. The van der Waals surface area contributed by atoms with Crippen molar-refractivity contribution in [3.63, 3.8) is 0 Å². The molecule has 0 aliphatic carbocycles. The van der Waals surface area contributed by atoms with E-state index < -0.39 is 25.4 Å². The lowest BCUT2D eigenvalue weighted by atomic mass is 10.1. The topological polar surface area (TPSA) is 138 Å². The molecule has 0 aliphatic rings. The van der Waals surface area contributed by atoms with Crippen molar-refractivity contribution >= 4 is 63.5 Å². The fraction of sp³-hybridized carbons (Fsp3) is 0.152. The van der Waals surface area contributed by atoms with Crippen LogP contribution in [0.25, 0.3) is 0 Å². The minimum atomic E-state index is -1.21. The normalized spacial score (nSPS) is 11.2.